The highest BCUT2D eigenvalue weighted by atomic mass is 16.7. The van der Waals surface area contributed by atoms with Crippen LogP contribution < -0.4 is 19.5 Å². The maximum absolute atomic E-state index is 13.4. The van der Waals surface area contributed by atoms with Crippen LogP contribution in [0.3, 0.4) is 0 Å². The van der Waals surface area contributed by atoms with Crippen LogP contribution in [-0.2, 0) is 23.8 Å². The molecule has 0 spiro atoms. The van der Waals surface area contributed by atoms with E-state index in [4.69, 9.17) is 28.4 Å². The molecule has 1 amide bonds. The lowest BCUT2D eigenvalue weighted by Crippen LogP contribution is -2.44. The topological polar surface area (TPSA) is 132 Å². The molecule has 1 N–H and O–H groups in total. The number of benzene rings is 1. The van der Waals surface area contributed by atoms with E-state index in [1.807, 2.05) is 37.3 Å². The van der Waals surface area contributed by atoms with E-state index in [1.165, 1.54) is 19.4 Å². The minimum Gasteiger partial charge on any atom is -0.493 e. The Morgan fingerprint density at radius 3 is 2.60 bits per heavy atom. The number of unbranched alkanes of at least 4 members (excludes halogenated alkanes) is 1. The van der Waals surface area contributed by atoms with Crippen LogP contribution in [0.5, 0.6) is 17.2 Å². The third-order valence-electron chi connectivity index (χ3n) is 6.94. The number of amides is 1. The van der Waals surface area contributed by atoms with E-state index in [0.717, 1.165) is 25.0 Å². The van der Waals surface area contributed by atoms with E-state index in [2.05, 4.69) is 17.2 Å². The Balaban J connectivity index is 1.74. The minimum absolute atomic E-state index is 0.0205. The number of para-hydroxylation sites is 1. The van der Waals surface area contributed by atoms with Crippen molar-refractivity contribution in [2.45, 2.75) is 71.6 Å². The average Bonchev–Trinajstić information content (AvgIpc) is 3.03. The second kappa shape index (κ2) is 16.5. The third kappa shape index (κ3) is 9.34. The predicted molar refractivity (Wildman–Crippen MR) is 153 cm³/mol. The number of nitrogens with one attached hydrogen (secondary N) is 1. The van der Waals surface area contributed by atoms with Gasteiger partial charge < -0.3 is 33.7 Å². The number of methoxy groups -OCH3 is 1. The van der Waals surface area contributed by atoms with Gasteiger partial charge in [0.05, 0.1) is 19.1 Å². The number of carbonyl (C=O) groups is 3. The van der Waals surface area contributed by atoms with E-state index >= 15 is 0 Å². The molecule has 230 valence electrons. The van der Waals surface area contributed by atoms with Gasteiger partial charge in [0.15, 0.2) is 17.2 Å². The van der Waals surface area contributed by atoms with Gasteiger partial charge in [-0.3, -0.25) is 9.59 Å². The molecule has 0 saturated carbocycles. The number of rotatable bonds is 13. The summed E-state index contributed by atoms with van der Waals surface area (Å²) in [6.07, 6.45) is 3.47. The lowest BCUT2D eigenvalue weighted by Gasteiger charge is -2.30. The maximum Gasteiger partial charge on any atom is 0.329 e. The maximum atomic E-state index is 13.4. The second-order valence-corrected chi connectivity index (χ2v) is 10.4. The van der Waals surface area contributed by atoms with Crippen molar-refractivity contribution >= 4 is 17.8 Å². The van der Waals surface area contributed by atoms with Crippen molar-refractivity contribution in [1.82, 2.24) is 10.3 Å². The monoisotopic (exact) mass is 586 g/mol. The van der Waals surface area contributed by atoms with Gasteiger partial charge in [0, 0.05) is 31.2 Å². The molecular weight excluding hydrogens is 544 g/mol. The highest BCUT2D eigenvalue weighted by Crippen LogP contribution is 2.30. The zero-order valence-electron chi connectivity index (χ0n) is 25.0. The van der Waals surface area contributed by atoms with Gasteiger partial charge in [-0.25, -0.2) is 9.78 Å². The molecule has 0 aliphatic carbocycles. The number of nitrogens with zero attached hydrogens (tertiary/aromatic N) is 1. The van der Waals surface area contributed by atoms with Crippen molar-refractivity contribution in [3.8, 4) is 17.2 Å². The van der Waals surface area contributed by atoms with E-state index in [1.54, 1.807) is 13.8 Å². The first-order chi connectivity index (χ1) is 20.2. The van der Waals surface area contributed by atoms with E-state index in [0.29, 0.717) is 6.61 Å². The van der Waals surface area contributed by atoms with Crippen molar-refractivity contribution in [2.24, 2.45) is 11.8 Å². The summed E-state index contributed by atoms with van der Waals surface area (Å²) >= 11 is 0. The van der Waals surface area contributed by atoms with Gasteiger partial charge in [-0.1, -0.05) is 51.8 Å². The summed E-state index contributed by atoms with van der Waals surface area (Å²) in [6, 6.07) is 9.98. The molecule has 1 aliphatic heterocycles. The van der Waals surface area contributed by atoms with Crippen LogP contribution in [0, 0.1) is 11.8 Å². The van der Waals surface area contributed by atoms with Gasteiger partial charge in [0.2, 0.25) is 6.79 Å². The molecule has 3 rings (SSSR count). The minimum atomic E-state index is -1.000. The summed E-state index contributed by atoms with van der Waals surface area (Å²) in [4.78, 5) is 42.6. The molecule has 11 nitrogen and oxygen atoms in total. The Hall–Kier alpha value is -3.86. The predicted octanol–water partition coefficient (Wildman–Crippen LogP) is 4.33. The second-order valence-electron chi connectivity index (χ2n) is 10.4. The van der Waals surface area contributed by atoms with E-state index in [9.17, 15) is 14.4 Å². The fourth-order valence-corrected chi connectivity index (χ4v) is 4.52. The van der Waals surface area contributed by atoms with E-state index in [-0.39, 0.29) is 48.2 Å². The highest BCUT2D eigenvalue weighted by Gasteiger charge is 2.35. The van der Waals surface area contributed by atoms with Crippen LogP contribution in [0.15, 0.2) is 42.6 Å². The lowest BCUT2D eigenvalue weighted by molar-refractivity contribution is -0.155. The molecule has 1 aromatic heterocycles. The van der Waals surface area contributed by atoms with Gasteiger partial charge in [-0.2, -0.15) is 0 Å². The summed E-state index contributed by atoms with van der Waals surface area (Å²) < 4.78 is 34.1. The fraction of sp³-hybridized carbons (Fsp3) is 0.548. The smallest absolute Gasteiger partial charge is 0.329 e. The van der Waals surface area contributed by atoms with Crippen molar-refractivity contribution in [3.05, 3.63) is 48.3 Å². The first kappa shape index (κ1) is 32.7. The molecule has 1 saturated heterocycles. The third-order valence-corrected chi connectivity index (χ3v) is 6.94. The molecule has 1 aliphatic rings. The number of pyridine rings is 1. The Bertz CT molecular complexity index is 1160. The summed E-state index contributed by atoms with van der Waals surface area (Å²) in [5.74, 6) is -1.24. The number of carbonyl (C=O) groups excluding carboxylic acids is 3. The Labute approximate surface area is 247 Å². The summed E-state index contributed by atoms with van der Waals surface area (Å²) in [5, 5.41) is 2.71. The van der Waals surface area contributed by atoms with Gasteiger partial charge in [0.25, 0.3) is 5.91 Å². The summed E-state index contributed by atoms with van der Waals surface area (Å²) in [5.41, 5.74) is -0.133. The SMILES string of the molecule is CCCC[C@H]1[C@H](C)OC(=O)[C@@H](NC(=O)c2nccc(OC)c2OCOC(=O)C(C)C)CCO[C@@H]1COc1ccccc1. The van der Waals surface area contributed by atoms with Crippen molar-refractivity contribution < 1.29 is 42.8 Å². The number of cyclic esters (lactones) is 1. The standard InChI is InChI=1S/C31H42N2O9/c1-6-7-13-23-21(4)42-31(36)24(15-17-38-26(23)18-39-22-11-9-8-10-12-22)33-29(34)27-28(25(37-5)14-16-32-27)40-19-41-30(35)20(2)3/h8-12,14,16,20-21,23-24,26H,6-7,13,15,17-19H2,1-5H3,(H,33,34)/t21-,23-,24-,26+/m0/s1. The molecule has 4 atom stereocenters. The Morgan fingerprint density at radius 1 is 1.14 bits per heavy atom. The molecule has 11 heteroatoms. The number of hydrogen-bond donors (Lipinski definition) is 1. The van der Waals surface area contributed by atoms with Crippen LogP contribution in [0.1, 0.15) is 63.9 Å². The number of hydrogen-bond acceptors (Lipinski definition) is 10. The van der Waals surface area contributed by atoms with Crippen LogP contribution in [0.4, 0.5) is 0 Å². The zero-order valence-corrected chi connectivity index (χ0v) is 25.0. The Morgan fingerprint density at radius 2 is 1.90 bits per heavy atom. The molecule has 0 unspecified atom stereocenters. The van der Waals surface area contributed by atoms with Crippen LogP contribution >= 0.6 is 0 Å². The lowest BCUT2D eigenvalue weighted by atomic mass is 9.91. The molecule has 0 bridgehead atoms. The molecule has 2 aromatic rings. The largest absolute Gasteiger partial charge is 0.493 e. The molecule has 0 radical (unpaired) electrons. The fourth-order valence-electron chi connectivity index (χ4n) is 4.52. The number of esters is 2. The van der Waals surface area contributed by atoms with Crippen molar-refractivity contribution in [2.75, 3.05) is 27.1 Å². The van der Waals surface area contributed by atoms with Gasteiger partial charge in [-0.05, 0) is 25.5 Å². The summed E-state index contributed by atoms with van der Waals surface area (Å²) in [7, 11) is 1.41. The van der Waals surface area contributed by atoms with Crippen molar-refractivity contribution in [1.29, 1.82) is 0 Å². The van der Waals surface area contributed by atoms with Gasteiger partial charge >= 0.3 is 11.9 Å². The van der Waals surface area contributed by atoms with Crippen LogP contribution in [-0.4, -0.2) is 68.2 Å². The van der Waals surface area contributed by atoms with E-state index < -0.39 is 36.8 Å². The molecule has 1 fully saturated rings. The van der Waals surface area contributed by atoms with Crippen molar-refractivity contribution in [3.63, 3.8) is 0 Å². The first-order valence-electron chi connectivity index (χ1n) is 14.4. The molecule has 2 heterocycles. The van der Waals surface area contributed by atoms with Gasteiger partial charge in [0.1, 0.15) is 24.5 Å². The normalized spacial score (nSPS) is 20.9. The molecular formula is C31H42N2O9. The molecule has 1 aromatic carbocycles. The highest BCUT2D eigenvalue weighted by molar-refractivity contribution is 5.98. The summed E-state index contributed by atoms with van der Waals surface area (Å²) in [6.45, 7) is 7.38. The average molecular weight is 587 g/mol. The number of aromatic nitrogens is 1. The Kier molecular flexibility index (Phi) is 12.9. The quantitative estimate of drug-likeness (QED) is 0.267. The van der Waals surface area contributed by atoms with Gasteiger partial charge in [-0.15, -0.1) is 0 Å². The number of ether oxygens (including phenoxy) is 6. The molecule has 42 heavy (non-hydrogen) atoms. The van der Waals surface area contributed by atoms with Crippen LogP contribution in [0.25, 0.3) is 0 Å². The zero-order chi connectivity index (χ0) is 30.5. The first-order valence-corrected chi connectivity index (χ1v) is 14.4. The van der Waals surface area contributed by atoms with Crippen LogP contribution in [0.2, 0.25) is 0 Å².